The minimum Gasteiger partial charge on any atom is -0.469 e. The smallest absolute Gasteiger partial charge is 0.310 e. The minimum atomic E-state index is -0.346. The monoisotopic (exact) mass is 381 g/mol. The van der Waals surface area contributed by atoms with Gasteiger partial charge < -0.3 is 14.4 Å². The molecule has 1 heterocycles. The second kappa shape index (κ2) is 10.5. The van der Waals surface area contributed by atoms with Crippen molar-refractivity contribution >= 4 is 23.5 Å². The van der Waals surface area contributed by atoms with Crippen LogP contribution in [0.1, 0.15) is 38.2 Å². The number of benzene rings is 1. The van der Waals surface area contributed by atoms with E-state index in [9.17, 15) is 9.59 Å². The summed E-state index contributed by atoms with van der Waals surface area (Å²) in [6.45, 7) is 3.44. The molecule has 26 heavy (non-hydrogen) atoms. The first-order valence-electron chi connectivity index (χ1n) is 9.21. The maximum absolute atomic E-state index is 12.7. The van der Waals surface area contributed by atoms with Gasteiger partial charge in [-0.2, -0.15) is 0 Å². The van der Waals surface area contributed by atoms with Gasteiger partial charge in [0.1, 0.15) is 0 Å². The lowest BCUT2D eigenvalue weighted by molar-refractivity contribution is -0.146. The van der Waals surface area contributed by atoms with Gasteiger partial charge in [-0.05, 0) is 43.4 Å². The van der Waals surface area contributed by atoms with E-state index in [4.69, 9.17) is 21.1 Å². The quantitative estimate of drug-likeness (QED) is 0.614. The zero-order chi connectivity index (χ0) is 18.9. The summed E-state index contributed by atoms with van der Waals surface area (Å²) in [5.41, 5.74) is 1.16. The first-order valence-corrected chi connectivity index (χ1v) is 9.59. The second-order valence-corrected chi connectivity index (χ2v) is 7.27. The summed E-state index contributed by atoms with van der Waals surface area (Å²) in [4.78, 5) is 26.2. The number of carbonyl (C=O) groups excluding carboxylic acids is 2. The first kappa shape index (κ1) is 20.7. The van der Waals surface area contributed by atoms with E-state index in [1.165, 1.54) is 7.11 Å². The van der Waals surface area contributed by atoms with E-state index in [2.05, 4.69) is 0 Å². The van der Waals surface area contributed by atoms with Crippen molar-refractivity contribution in [1.82, 2.24) is 4.90 Å². The second-order valence-electron chi connectivity index (χ2n) is 6.84. The highest BCUT2D eigenvalue weighted by molar-refractivity contribution is 6.30. The van der Waals surface area contributed by atoms with Crippen LogP contribution in [0, 0.1) is 5.92 Å². The zero-order valence-electron chi connectivity index (χ0n) is 15.6. The molecule has 1 aromatic rings. The van der Waals surface area contributed by atoms with Gasteiger partial charge in [-0.3, -0.25) is 9.59 Å². The van der Waals surface area contributed by atoms with Crippen molar-refractivity contribution in [3.63, 3.8) is 0 Å². The Labute approximate surface area is 160 Å². The van der Waals surface area contributed by atoms with Gasteiger partial charge in [0, 0.05) is 31.1 Å². The zero-order valence-corrected chi connectivity index (χ0v) is 16.3. The Balaban J connectivity index is 1.88. The van der Waals surface area contributed by atoms with Crippen molar-refractivity contribution < 1.29 is 19.1 Å². The Morgan fingerprint density at radius 3 is 2.69 bits per heavy atom. The molecule has 1 saturated heterocycles. The van der Waals surface area contributed by atoms with Gasteiger partial charge in [0.15, 0.2) is 0 Å². The van der Waals surface area contributed by atoms with Gasteiger partial charge in [-0.25, -0.2) is 0 Å². The van der Waals surface area contributed by atoms with Crippen molar-refractivity contribution in [3.8, 4) is 0 Å². The van der Waals surface area contributed by atoms with Gasteiger partial charge in [0.25, 0.3) is 0 Å². The molecule has 1 aliphatic rings. The summed E-state index contributed by atoms with van der Waals surface area (Å²) in [5.74, 6) is -0.580. The number of carbonyl (C=O) groups is 2. The van der Waals surface area contributed by atoms with Crippen molar-refractivity contribution in [3.05, 3.63) is 34.9 Å². The maximum Gasteiger partial charge on any atom is 0.310 e. The molecule has 0 aliphatic carbocycles. The number of halogens is 1. The number of aryl methyl sites for hydroxylation is 1. The number of methoxy groups -OCH3 is 1. The Kier molecular flexibility index (Phi) is 8.39. The van der Waals surface area contributed by atoms with Crippen molar-refractivity contribution in [1.29, 1.82) is 0 Å². The summed E-state index contributed by atoms with van der Waals surface area (Å²) >= 11 is 5.89. The Hall–Kier alpha value is -1.59. The molecule has 0 aromatic heterocycles. The van der Waals surface area contributed by atoms with Crippen molar-refractivity contribution in [2.75, 3.05) is 26.8 Å². The van der Waals surface area contributed by atoms with Gasteiger partial charge in [-0.15, -0.1) is 0 Å². The summed E-state index contributed by atoms with van der Waals surface area (Å²) in [6.07, 6.45) is 4.08. The summed E-state index contributed by atoms with van der Waals surface area (Å²) in [6, 6.07) is 7.69. The third kappa shape index (κ3) is 6.61. The lowest BCUT2D eigenvalue weighted by Crippen LogP contribution is -2.41. The lowest BCUT2D eigenvalue weighted by atomic mass is 10.1. The number of esters is 1. The third-order valence-corrected chi connectivity index (χ3v) is 4.92. The fraction of sp³-hybridized carbons (Fsp3) is 0.600. The van der Waals surface area contributed by atoms with Crippen LogP contribution in [0.25, 0.3) is 0 Å². The Morgan fingerprint density at radius 2 is 2.08 bits per heavy atom. The van der Waals surface area contributed by atoms with Crippen LogP contribution in [0.15, 0.2) is 24.3 Å². The molecular formula is C20H28ClNO4. The molecule has 6 heteroatoms. The summed E-state index contributed by atoms with van der Waals surface area (Å²) < 4.78 is 10.5. The molecule has 1 amide bonds. The number of rotatable bonds is 9. The topological polar surface area (TPSA) is 55.8 Å². The highest BCUT2D eigenvalue weighted by Crippen LogP contribution is 2.17. The molecule has 0 N–H and O–H groups in total. The van der Waals surface area contributed by atoms with Crippen LogP contribution in [-0.4, -0.2) is 49.7 Å². The molecule has 2 rings (SSSR count). The number of hydrogen-bond donors (Lipinski definition) is 0. The van der Waals surface area contributed by atoms with Crippen molar-refractivity contribution in [2.24, 2.45) is 5.92 Å². The molecule has 144 valence electrons. The van der Waals surface area contributed by atoms with Crippen LogP contribution >= 0.6 is 11.6 Å². The van der Waals surface area contributed by atoms with Crippen LogP contribution < -0.4 is 0 Å². The highest BCUT2D eigenvalue weighted by Gasteiger charge is 2.26. The number of hydrogen-bond acceptors (Lipinski definition) is 4. The first-order chi connectivity index (χ1) is 12.5. The SMILES string of the molecule is COC(=O)C(C)CN(CC1CCCO1)C(=O)CCCc1ccc(Cl)cc1. The third-order valence-electron chi connectivity index (χ3n) is 4.67. The van der Waals surface area contributed by atoms with E-state index in [1.54, 1.807) is 11.8 Å². The fourth-order valence-electron chi connectivity index (χ4n) is 3.17. The molecule has 0 bridgehead atoms. The van der Waals surface area contributed by atoms with E-state index in [-0.39, 0.29) is 23.9 Å². The molecular weight excluding hydrogens is 354 g/mol. The predicted molar refractivity (Wildman–Crippen MR) is 101 cm³/mol. The van der Waals surface area contributed by atoms with Crippen LogP contribution in [-0.2, 0) is 25.5 Å². The van der Waals surface area contributed by atoms with Gasteiger partial charge in [-0.1, -0.05) is 30.7 Å². The maximum atomic E-state index is 12.7. The van der Waals surface area contributed by atoms with E-state index in [1.807, 2.05) is 24.3 Å². The van der Waals surface area contributed by atoms with E-state index in [0.717, 1.165) is 37.9 Å². The Bertz CT molecular complexity index is 584. The predicted octanol–water partition coefficient (Wildman–Crippen LogP) is 3.48. The molecule has 0 saturated carbocycles. The molecule has 0 spiro atoms. The molecule has 1 fully saturated rings. The number of nitrogens with zero attached hydrogens (tertiary/aromatic N) is 1. The molecule has 1 aromatic carbocycles. The van der Waals surface area contributed by atoms with Crippen LogP contribution in [0.5, 0.6) is 0 Å². The van der Waals surface area contributed by atoms with Gasteiger partial charge in [0.2, 0.25) is 5.91 Å². The minimum absolute atomic E-state index is 0.0604. The molecule has 2 atom stereocenters. The Morgan fingerprint density at radius 1 is 1.35 bits per heavy atom. The van der Waals surface area contributed by atoms with Crippen molar-refractivity contribution in [2.45, 2.75) is 45.1 Å². The summed E-state index contributed by atoms with van der Waals surface area (Å²) in [7, 11) is 1.37. The van der Waals surface area contributed by atoms with Crippen LogP contribution in [0.3, 0.4) is 0 Å². The van der Waals surface area contributed by atoms with E-state index >= 15 is 0 Å². The molecule has 0 radical (unpaired) electrons. The largest absolute Gasteiger partial charge is 0.469 e. The van der Waals surface area contributed by atoms with E-state index in [0.29, 0.717) is 24.5 Å². The average Bonchev–Trinajstić information content (AvgIpc) is 3.15. The molecule has 5 nitrogen and oxygen atoms in total. The number of amides is 1. The average molecular weight is 382 g/mol. The standard InChI is InChI=1S/C20H28ClNO4/c1-15(20(24)25-2)13-22(14-18-6-4-12-26-18)19(23)7-3-5-16-8-10-17(21)11-9-16/h8-11,15,18H,3-7,12-14H2,1-2H3. The normalized spacial score (nSPS) is 17.7. The van der Waals surface area contributed by atoms with Crippen LogP contribution in [0.2, 0.25) is 5.02 Å². The lowest BCUT2D eigenvalue weighted by Gasteiger charge is -2.27. The molecule has 1 aliphatic heterocycles. The summed E-state index contributed by atoms with van der Waals surface area (Å²) in [5, 5.41) is 0.712. The fourth-order valence-corrected chi connectivity index (χ4v) is 3.30. The van der Waals surface area contributed by atoms with Gasteiger partial charge >= 0.3 is 5.97 Å². The van der Waals surface area contributed by atoms with Gasteiger partial charge in [0.05, 0.1) is 19.1 Å². The number of ether oxygens (including phenoxy) is 2. The van der Waals surface area contributed by atoms with Crippen LogP contribution in [0.4, 0.5) is 0 Å². The highest BCUT2D eigenvalue weighted by atomic mass is 35.5. The van der Waals surface area contributed by atoms with E-state index < -0.39 is 0 Å². The molecule has 2 unspecified atom stereocenters.